The van der Waals surface area contributed by atoms with Crippen molar-refractivity contribution in [2.75, 3.05) is 20.2 Å². The monoisotopic (exact) mass is 256 g/mol. The van der Waals surface area contributed by atoms with Gasteiger partial charge in [0.15, 0.2) is 0 Å². The van der Waals surface area contributed by atoms with E-state index in [-0.39, 0.29) is 0 Å². The van der Waals surface area contributed by atoms with Gasteiger partial charge in [-0.05, 0) is 43.1 Å². The highest BCUT2D eigenvalue weighted by Gasteiger charge is 2.03. The molecule has 0 bridgehead atoms. The zero-order valence-electron chi connectivity index (χ0n) is 10.5. The van der Waals surface area contributed by atoms with Crippen molar-refractivity contribution in [1.82, 2.24) is 5.32 Å². The van der Waals surface area contributed by atoms with Gasteiger partial charge in [-0.1, -0.05) is 24.6 Å². The molecule has 0 aliphatic rings. The average molecular weight is 257 g/mol. The van der Waals surface area contributed by atoms with Crippen molar-refractivity contribution >= 4 is 11.6 Å². The first kappa shape index (κ1) is 14.3. The number of hydrogen-bond acceptors (Lipinski definition) is 3. The lowest BCUT2D eigenvalue weighted by molar-refractivity contribution is 0.414. The number of ether oxygens (including phenoxy) is 1. The van der Waals surface area contributed by atoms with E-state index in [1.807, 2.05) is 18.2 Å². The molecule has 1 rings (SSSR count). The van der Waals surface area contributed by atoms with Crippen molar-refractivity contribution in [3.63, 3.8) is 0 Å². The molecule has 1 aromatic carbocycles. The summed E-state index contributed by atoms with van der Waals surface area (Å²) in [5.74, 6) is 1.35. The minimum absolute atomic E-state index is 0.564. The van der Waals surface area contributed by atoms with Crippen LogP contribution in [0.4, 0.5) is 0 Å². The van der Waals surface area contributed by atoms with Crippen molar-refractivity contribution < 1.29 is 4.74 Å². The molecule has 96 valence electrons. The minimum atomic E-state index is 0.564. The summed E-state index contributed by atoms with van der Waals surface area (Å²) >= 11 is 6.14. The highest BCUT2D eigenvalue weighted by molar-refractivity contribution is 6.31. The highest BCUT2D eigenvalue weighted by atomic mass is 35.5. The summed E-state index contributed by atoms with van der Waals surface area (Å²) in [5.41, 5.74) is 6.65. The van der Waals surface area contributed by atoms with Gasteiger partial charge in [0.05, 0.1) is 7.11 Å². The number of nitrogens with two attached hydrogens (primary N) is 1. The Kier molecular flexibility index (Phi) is 6.34. The molecule has 0 spiro atoms. The quantitative estimate of drug-likeness (QED) is 0.737. The standard InChI is InChI=1S/C13H21ClN2O/c1-10(8-15)5-6-16-9-11-3-4-12(17-2)7-13(11)14/h3-4,7,10,16H,5-6,8-9,15H2,1-2H3. The Morgan fingerprint density at radius 3 is 2.82 bits per heavy atom. The van der Waals surface area contributed by atoms with Crippen LogP contribution in [0, 0.1) is 5.92 Å². The average Bonchev–Trinajstić information content (AvgIpc) is 2.35. The second-order valence-electron chi connectivity index (χ2n) is 4.26. The molecule has 0 saturated carbocycles. The first-order valence-corrected chi connectivity index (χ1v) is 6.28. The van der Waals surface area contributed by atoms with E-state index in [0.717, 1.165) is 42.4 Å². The number of nitrogens with one attached hydrogen (secondary N) is 1. The van der Waals surface area contributed by atoms with Crippen molar-refractivity contribution in [2.24, 2.45) is 11.7 Å². The maximum atomic E-state index is 6.14. The Morgan fingerprint density at radius 1 is 1.47 bits per heavy atom. The van der Waals surface area contributed by atoms with Crippen LogP contribution in [0.15, 0.2) is 18.2 Å². The van der Waals surface area contributed by atoms with Crippen LogP contribution in [0.1, 0.15) is 18.9 Å². The van der Waals surface area contributed by atoms with Gasteiger partial charge in [-0.3, -0.25) is 0 Å². The van der Waals surface area contributed by atoms with Crippen molar-refractivity contribution in [3.05, 3.63) is 28.8 Å². The van der Waals surface area contributed by atoms with Crippen molar-refractivity contribution in [3.8, 4) is 5.75 Å². The molecular formula is C13H21ClN2O. The molecule has 1 unspecified atom stereocenters. The van der Waals surface area contributed by atoms with Gasteiger partial charge >= 0.3 is 0 Å². The normalized spacial score (nSPS) is 12.5. The summed E-state index contributed by atoms with van der Waals surface area (Å²) in [6.07, 6.45) is 1.09. The van der Waals surface area contributed by atoms with E-state index < -0.39 is 0 Å². The van der Waals surface area contributed by atoms with Crippen molar-refractivity contribution in [1.29, 1.82) is 0 Å². The number of benzene rings is 1. The van der Waals surface area contributed by atoms with Crippen LogP contribution in [-0.2, 0) is 6.54 Å². The summed E-state index contributed by atoms with van der Waals surface area (Å²) in [6.45, 7) is 4.63. The molecule has 17 heavy (non-hydrogen) atoms. The lowest BCUT2D eigenvalue weighted by atomic mass is 10.1. The molecule has 1 aromatic rings. The fourth-order valence-electron chi connectivity index (χ4n) is 1.49. The van der Waals surface area contributed by atoms with Gasteiger partial charge in [-0.2, -0.15) is 0 Å². The summed E-state index contributed by atoms with van der Waals surface area (Å²) in [5, 5.41) is 4.10. The Hall–Kier alpha value is -0.770. The summed E-state index contributed by atoms with van der Waals surface area (Å²) in [4.78, 5) is 0. The van der Waals surface area contributed by atoms with Gasteiger partial charge in [0, 0.05) is 11.6 Å². The number of rotatable bonds is 7. The minimum Gasteiger partial charge on any atom is -0.497 e. The van der Waals surface area contributed by atoms with Gasteiger partial charge in [0.2, 0.25) is 0 Å². The molecule has 0 amide bonds. The molecule has 3 N–H and O–H groups in total. The van der Waals surface area contributed by atoms with Gasteiger partial charge in [-0.25, -0.2) is 0 Å². The van der Waals surface area contributed by atoms with Crippen LogP contribution >= 0.6 is 11.6 Å². The van der Waals surface area contributed by atoms with Gasteiger partial charge < -0.3 is 15.8 Å². The number of halogens is 1. The predicted octanol–water partition coefficient (Wildman–Crippen LogP) is 2.42. The van der Waals surface area contributed by atoms with E-state index in [1.165, 1.54) is 0 Å². The summed E-state index contributed by atoms with van der Waals surface area (Å²) < 4.78 is 5.10. The van der Waals surface area contributed by atoms with Crippen molar-refractivity contribution in [2.45, 2.75) is 19.9 Å². The largest absolute Gasteiger partial charge is 0.497 e. The molecular weight excluding hydrogens is 236 g/mol. The third kappa shape index (κ3) is 4.94. The Morgan fingerprint density at radius 2 is 2.24 bits per heavy atom. The second-order valence-corrected chi connectivity index (χ2v) is 4.67. The molecule has 3 nitrogen and oxygen atoms in total. The molecule has 0 aliphatic carbocycles. The fraction of sp³-hybridized carbons (Fsp3) is 0.538. The molecule has 0 heterocycles. The van der Waals surface area contributed by atoms with Crippen LogP contribution in [0.2, 0.25) is 5.02 Å². The lowest BCUT2D eigenvalue weighted by Crippen LogP contribution is -2.20. The SMILES string of the molecule is COc1ccc(CNCCC(C)CN)c(Cl)c1. The predicted molar refractivity (Wildman–Crippen MR) is 72.5 cm³/mol. The second kappa shape index (κ2) is 7.54. The molecule has 4 heteroatoms. The molecule has 0 radical (unpaired) electrons. The molecule has 0 fully saturated rings. The number of methoxy groups -OCH3 is 1. The van der Waals surface area contributed by atoms with Crippen LogP contribution in [0.3, 0.4) is 0 Å². The van der Waals surface area contributed by atoms with E-state index in [0.29, 0.717) is 5.92 Å². The van der Waals surface area contributed by atoms with E-state index in [9.17, 15) is 0 Å². The third-order valence-electron chi connectivity index (χ3n) is 2.79. The zero-order valence-corrected chi connectivity index (χ0v) is 11.3. The third-order valence-corrected chi connectivity index (χ3v) is 3.14. The maximum Gasteiger partial charge on any atom is 0.120 e. The number of hydrogen-bond donors (Lipinski definition) is 2. The van der Waals surface area contributed by atoms with Gasteiger partial charge in [-0.15, -0.1) is 0 Å². The van der Waals surface area contributed by atoms with E-state index in [4.69, 9.17) is 22.1 Å². The Balaban J connectivity index is 2.36. The summed E-state index contributed by atoms with van der Waals surface area (Å²) in [7, 11) is 1.64. The Bertz CT molecular complexity index is 344. The Labute approximate surface area is 108 Å². The molecule has 1 atom stereocenters. The van der Waals surface area contributed by atoms with Crippen LogP contribution < -0.4 is 15.8 Å². The molecule has 0 aliphatic heterocycles. The first-order valence-electron chi connectivity index (χ1n) is 5.90. The van der Waals surface area contributed by atoms with E-state index in [1.54, 1.807) is 7.11 Å². The van der Waals surface area contributed by atoms with Gasteiger partial charge in [0.25, 0.3) is 0 Å². The summed E-state index contributed by atoms with van der Waals surface area (Å²) in [6, 6.07) is 5.74. The van der Waals surface area contributed by atoms with E-state index in [2.05, 4.69) is 12.2 Å². The zero-order chi connectivity index (χ0) is 12.7. The smallest absolute Gasteiger partial charge is 0.120 e. The maximum absolute atomic E-state index is 6.14. The lowest BCUT2D eigenvalue weighted by Gasteiger charge is -2.10. The van der Waals surface area contributed by atoms with Crippen LogP contribution in [-0.4, -0.2) is 20.2 Å². The molecule has 0 saturated heterocycles. The highest BCUT2D eigenvalue weighted by Crippen LogP contribution is 2.22. The fourth-order valence-corrected chi connectivity index (χ4v) is 1.73. The van der Waals surface area contributed by atoms with E-state index >= 15 is 0 Å². The molecule has 0 aromatic heterocycles. The van der Waals surface area contributed by atoms with Crippen LogP contribution in [0.25, 0.3) is 0 Å². The van der Waals surface area contributed by atoms with Crippen LogP contribution in [0.5, 0.6) is 5.75 Å². The van der Waals surface area contributed by atoms with Gasteiger partial charge in [0.1, 0.15) is 5.75 Å². The topological polar surface area (TPSA) is 47.3 Å². The first-order chi connectivity index (χ1) is 8.17.